The Bertz CT molecular complexity index is 864. The molecular formula is C19H17F2N3. The van der Waals surface area contributed by atoms with Gasteiger partial charge in [0.05, 0.1) is 23.0 Å². The normalized spacial score (nSPS) is 26.2. The first-order chi connectivity index (χ1) is 11.4. The van der Waals surface area contributed by atoms with E-state index in [0.717, 1.165) is 24.1 Å². The first kappa shape index (κ1) is 15.2. The number of hydrogen-bond donors (Lipinski definition) is 0. The molecular weight excluding hydrogens is 308 g/mol. The molecule has 0 radical (unpaired) electrons. The van der Waals surface area contributed by atoms with Crippen molar-refractivity contribution in [2.24, 2.45) is 5.41 Å². The van der Waals surface area contributed by atoms with E-state index in [-0.39, 0.29) is 28.0 Å². The summed E-state index contributed by atoms with van der Waals surface area (Å²) in [5, 5.41) is 17.8. The van der Waals surface area contributed by atoms with Gasteiger partial charge in [0.2, 0.25) is 0 Å². The summed E-state index contributed by atoms with van der Waals surface area (Å²) in [5.41, 5.74) is 1.51. The maximum Gasteiger partial charge on any atom is 0.135 e. The summed E-state index contributed by atoms with van der Waals surface area (Å²) in [6, 6.07) is 7.85. The molecule has 122 valence electrons. The highest BCUT2D eigenvalue weighted by molar-refractivity contribution is 5.63. The van der Waals surface area contributed by atoms with Crippen LogP contribution >= 0.6 is 0 Å². The third-order valence-corrected chi connectivity index (χ3v) is 6.22. The van der Waals surface area contributed by atoms with Gasteiger partial charge in [-0.3, -0.25) is 0 Å². The van der Waals surface area contributed by atoms with E-state index >= 15 is 0 Å². The fraction of sp³-hybridized carbons (Fsp3) is 0.421. The molecule has 3 nitrogen and oxygen atoms in total. The van der Waals surface area contributed by atoms with Gasteiger partial charge in [-0.1, -0.05) is 19.9 Å². The molecule has 2 aliphatic rings. The summed E-state index contributed by atoms with van der Waals surface area (Å²) in [7, 11) is 0. The Morgan fingerprint density at radius 2 is 1.96 bits per heavy atom. The lowest BCUT2D eigenvalue weighted by molar-refractivity contribution is 0.209. The molecule has 1 aromatic heterocycles. The number of aromatic nitrogens is 2. The van der Waals surface area contributed by atoms with Gasteiger partial charge >= 0.3 is 0 Å². The maximum absolute atomic E-state index is 14.1. The fourth-order valence-corrected chi connectivity index (χ4v) is 4.82. The van der Waals surface area contributed by atoms with Gasteiger partial charge in [0.25, 0.3) is 0 Å². The Balaban J connectivity index is 1.91. The van der Waals surface area contributed by atoms with Crippen LogP contribution in [0.3, 0.4) is 0 Å². The second kappa shape index (κ2) is 4.83. The predicted molar refractivity (Wildman–Crippen MR) is 85.0 cm³/mol. The maximum atomic E-state index is 14.1. The van der Waals surface area contributed by atoms with Crippen LogP contribution < -0.4 is 0 Å². The van der Waals surface area contributed by atoms with E-state index in [2.05, 4.69) is 30.1 Å². The van der Waals surface area contributed by atoms with Gasteiger partial charge in [0.15, 0.2) is 0 Å². The lowest BCUT2D eigenvalue weighted by atomic mass is 9.67. The molecule has 1 fully saturated rings. The molecule has 2 bridgehead atoms. The molecule has 5 heteroatoms. The van der Waals surface area contributed by atoms with Gasteiger partial charge < -0.3 is 0 Å². The van der Waals surface area contributed by atoms with Crippen molar-refractivity contribution in [1.29, 1.82) is 5.26 Å². The van der Waals surface area contributed by atoms with Gasteiger partial charge in [0, 0.05) is 11.8 Å². The van der Waals surface area contributed by atoms with Gasteiger partial charge in [-0.2, -0.15) is 15.5 Å². The largest absolute Gasteiger partial charge is 0.206 e. The standard InChI is InChI=1S/C19H17F2N3/c1-18(2)12-6-7-19(18,8-9-22)17-11(12)10-15(23-24-17)16-13(20)4-3-5-14(16)21/h3-5,10,12H,6-8H2,1-2H3/t12-,19-/m0/s1. The minimum Gasteiger partial charge on any atom is -0.206 e. The Morgan fingerprint density at radius 3 is 2.62 bits per heavy atom. The average Bonchev–Trinajstić information content (AvgIpc) is 2.89. The number of halogens is 2. The van der Waals surface area contributed by atoms with Gasteiger partial charge in [0.1, 0.15) is 11.6 Å². The lowest BCUT2D eigenvalue weighted by Gasteiger charge is -2.35. The molecule has 2 atom stereocenters. The molecule has 0 unspecified atom stereocenters. The van der Waals surface area contributed by atoms with Crippen LogP contribution in [0.1, 0.15) is 50.3 Å². The zero-order valence-electron chi connectivity index (χ0n) is 13.6. The van der Waals surface area contributed by atoms with Crippen LogP contribution in [0.5, 0.6) is 0 Å². The van der Waals surface area contributed by atoms with E-state index in [1.54, 1.807) is 6.07 Å². The van der Waals surface area contributed by atoms with E-state index in [9.17, 15) is 14.0 Å². The first-order valence-electron chi connectivity index (χ1n) is 8.12. The fourth-order valence-electron chi connectivity index (χ4n) is 4.82. The molecule has 0 N–H and O–H groups in total. The van der Waals surface area contributed by atoms with Crippen molar-refractivity contribution in [3.63, 3.8) is 0 Å². The molecule has 0 amide bonds. The highest BCUT2D eigenvalue weighted by Crippen LogP contribution is 2.68. The van der Waals surface area contributed by atoms with Crippen LogP contribution in [-0.2, 0) is 5.41 Å². The minimum absolute atomic E-state index is 0.105. The second-order valence-corrected chi connectivity index (χ2v) is 7.36. The van der Waals surface area contributed by atoms with E-state index in [0.29, 0.717) is 6.42 Å². The van der Waals surface area contributed by atoms with Gasteiger partial charge in [-0.15, -0.1) is 0 Å². The molecule has 2 aromatic rings. The van der Waals surface area contributed by atoms with Crippen LogP contribution in [0.2, 0.25) is 0 Å². The molecule has 1 saturated carbocycles. The number of rotatable bonds is 2. The van der Waals surface area contributed by atoms with Crippen molar-refractivity contribution in [1.82, 2.24) is 10.2 Å². The lowest BCUT2D eigenvalue weighted by Crippen LogP contribution is -2.35. The number of nitrogens with zero attached hydrogens (tertiary/aromatic N) is 3. The van der Waals surface area contributed by atoms with Crippen LogP contribution in [-0.4, -0.2) is 10.2 Å². The Labute approximate surface area is 139 Å². The summed E-state index contributed by atoms with van der Waals surface area (Å²) in [6.45, 7) is 4.32. The van der Waals surface area contributed by atoms with Crippen LogP contribution in [0.25, 0.3) is 11.3 Å². The molecule has 0 saturated heterocycles. The topological polar surface area (TPSA) is 49.6 Å². The summed E-state index contributed by atoms with van der Waals surface area (Å²) < 4.78 is 28.1. The summed E-state index contributed by atoms with van der Waals surface area (Å²) in [4.78, 5) is 0. The number of nitriles is 1. The number of benzene rings is 1. The van der Waals surface area contributed by atoms with Gasteiger partial charge in [-0.05, 0) is 47.9 Å². The van der Waals surface area contributed by atoms with E-state index in [1.807, 2.05) is 0 Å². The molecule has 1 heterocycles. The SMILES string of the molecule is CC1(C)[C@H]2CC[C@]1(CC#N)c1nnc(-c3c(F)cccc3F)cc12. The van der Waals surface area contributed by atoms with Crippen LogP contribution in [0, 0.1) is 28.4 Å². The van der Waals surface area contributed by atoms with Gasteiger partial charge in [-0.25, -0.2) is 8.78 Å². The van der Waals surface area contributed by atoms with E-state index in [4.69, 9.17) is 0 Å². The smallest absolute Gasteiger partial charge is 0.135 e. The molecule has 4 rings (SSSR count). The second-order valence-electron chi connectivity index (χ2n) is 7.36. The minimum atomic E-state index is -0.640. The van der Waals surface area contributed by atoms with Crippen molar-refractivity contribution in [3.8, 4) is 17.3 Å². The van der Waals surface area contributed by atoms with Crippen molar-refractivity contribution in [2.45, 2.75) is 44.4 Å². The van der Waals surface area contributed by atoms with Crippen molar-refractivity contribution < 1.29 is 8.78 Å². The number of hydrogen-bond acceptors (Lipinski definition) is 3. The zero-order chi connectivity index (χ0) is 17.1. The van der Waals surface area contributed by atoms with Crippen molar-refractivity contribution in [3.05, 3.63) is 47.2 Å². The van der Waals surface area contributed by atoms with Crippen molar-refractivity contribution >= 4 is 0 Å². The third kappa shape index (κ3) is 1.69. The molecule has 2 aliphatic carbocycles. The highest BCUT2D eigenvalue weighted by Gasteiger charge is 2.63. The summed E-state index contributed by atoms with van der Waals surface area (Å²) >= 11 is 0. The third-order valence-electron chi connectivity index (χ3n) is 6.22. The van der Waals surface area contributed by atoms with Crippen LogP contribution in [0.4, 0.5) is 8.78 Å². The van der Waals surface area contributed by atoms with Crippen molar-refractivity contribution in [2.75, 3.05) is 0 Å². The monoisotopic (exact) mass is 325 g/mol. The molecule has 24 heavy (non-hydrogen) atoms. The summed E-state index contributed by atoms with van der Waals surface area (Å²) in [5.74, 6) is -1.04. The number of fused-ring (bicyclic) bond motifs is 5. The first-order valence-corrected chi connectivity index (χ1v) is 8.12. The zero-order valence-corrected chi connectivity index (χ0v) is 13.6. The molecule has 0 spiro atoms. The predicted octanol–water partition coefficient (Wildman–Crippen LogP) is 4.49. The molecule has 1 aromatic carbocycles. The molecule has 0 aliphatic heterocycles. The average molecular weight is 325 g/mol. The quantitative estimate of drug-likeness (QED) is 0.817. The van der Waals surface area contributed by atoms with E-state index in [1.165, 1.54) is 18.2 Å². The highest BCUT2D eigenvalue weighted by atomic mass is 19.1. The Hall–Kier alpha value is -2.35. The van der Waals surface area contributed by atoms with E-state index < -0.39 is 11.6 Å². The summed E-state index contributed by atoms with van der Waals surface area (Å²) in [6.07, 6.45) is 2.27. The Morgan fingerprint density at radius 1 is 1.25 bits per heavy atom. The Kier molecular flexibility index (Phi) is 3.05. The van der Waals surface area contributed by atoms with Crippen LogP contribution in [0.15, 0.2) is 24.3 Å².